The SMILES string of the molecule is CC(=O)[C@H](C(=O)O)C(=O)/C=C1\OC1=O. The summed E-state index contributed by atoms with van der Waals surface area (Å²) in [6.45, 7) is 0.991. The molecule has 6 nitrogen and oxygen atoms in total. The maximum Gasteiger partial charge on any atom is 0.380 e. The number of aliphatic carboxylic acids is 1. The molecule has 1 fully saturated rings. The molecule has 1 aliphatic rings. The number of carboxylic acids is 1. The Hall–Kier alpha value is -1.98. The Morgan fingerprint density at radius 2 is 1.93 bits per heavy atom. The largest absolute Gasteiger partial charge is 0.480 e. The normalized spacial score (nSPS) is 18.6. The van der Waals surface area contributed by atoms with Crippen LogP contribution in [-0.2, 0) is 23.9 Å². The highest BCUT2D eigenvalue weighted by molar-refractivity contribution is 6.21. The molecule has 1 heterocycles. The van der Waals surface area contributed by atoms with Gasteiger partial charge in [-0.15, -0.1) is 0 Å². The molecular weight excluding hydrogens is 192 g/mol. The number of cyclic esters (lactones) is 1. The van der Waals surface area contributed by atoms with Gasteiger partial charge in [-0.3, -0.25) is 14.4 Å². The third-order valence-electron chi connectivity index (χ3n) is 1.57. The minimum atomic E-state index is -1.75. The fraction of sp³-hybridized carbons (Fsp3) is 0.250. The summed E-state index contributed by atoms with van der Waals surface area (Å²) in [6.07, 6.45) is 0.725. The van der Waals surface area contributed by atoms with E-state index in [1.165, 1.54) is 0 Å². The lowest BCUT2D eigenvalue weighted by molar-refractivity contribution is -0.148. The first-order valence-electron chi connectivity index (χ1n) is 3.64. The van der Waals surface area contributed by atoms with Gasteiger partial charge >= 0.3 is 11.9 Å². The van der Waals surface area contributed by atoms with Gasteiger partial charge in [0.2, 0.25) is 5.76 Å². The van der Waals surface area contributed by atoms with Crippen LogP contribution in [0.4, 0.5) is 0 Å². The number of ketones is 2. The fourth-order valence-corrected chi connectivity index (χ4v) is 0.871. The molecule has 1 saturated heterocycles. The van der Waals surface area contributed by atoms with Crippen LogP contribution in [0.3, 0.4) is 0 Å². The molecule has 0 aromatic carbocycles. The van der Waals surface area contributed by atoms with Gasteiger partial charge in [-0.1, -0.05) is 0 Å². The second-order valence-electron chi connectivity index (χ2n) is 2.68. The molecule has 1 atom stereocenters. The Labute approximate surface area is 78.2 Å². The predicted molar refractivity (Wildman–Crippen MR) is 41.0 cm³/mol. The standard InChI is InChI=1S/C8H6O6/c1-3(9)6(7(11)12)4(10)2-5-8(13)14-5/h2,6H,1H3,(H,11,12)/b5-2-/t6-/m0/s1. The van der Waals surface area contributed by atoms with E-state index in [-0.39, 0.29) is 5.76 Å². The number of epoxide rings is 1. The first-order valence-corrected chi connectivity index (χ1v) is 3.64. The summed E-state index contributed by atoms with van der Waals surface area (Å²) in [4.78, 5) is 42.6. The lowest BCUT2D eigenvalue weighted by Crippen LogP contribution is -2.28. The highest BCUT2D eigenvalue weighted by atomic mass is 16.6. The van der Waals surface area contributed by atoms with Crippen molar-refractivity contribution in [2.75, 3.05) is 0 Å². The van der Waals surface area contributed by atoms with E-state index in [1.54, 1.807) is 0 Å². The molecule has 0 saturated carbocycles. The molecule has 0 radical (unpaired) electrons. The summed E-state index contributed by atoms with van der Waals surface area (Å²) in [6, 6.07) is 0. The van der Waals surface area contributed by atoms with Crippen LogP contribution in [-0.4, -0.2) is 28.6 Å². The van der Waals surface area contributed by atoms with Crippen molar-refractivity contribution in [3.05, 3.63) is 11.8 Å². The molecule has 0 unspecified atom stereocenters. The van der Waals surface area contributed by atoms with Crippen molar-refractivity contribution in [1.82, 2.24) is 0 Å². The Bertz CT molecular complexity index is 350. The van der Waals surface area contributed by atoms with Gasteiger partial charge in [-0.2, -0.15) is 0 Å². The number of rotatable bonds is 4. The van der Waals surface area contributed by atoms with Crippen LogP contribution in [0.1, 0.15) is 6.92 Å². The zero-order valence-corrected chi connectivity index (χ0v) is 7.14. The van der Waals surface area contributed by atoms with Gasteiger partial charge in [0.1, 0.15) is 0 Å². The zero-order chi connectivity index (χ0) is 10.9. The van der Waals surface area contributed by atoms with Crippen molar-refractivity contribution < 1.29 is 29.0 Å². The van der Waals surface area contributed by atoms with E-state index in [0.29, 0.717) is 0 Å². The van der Waals surface area contributed by atoms with E-state index in [2.05, 4.69) is 4.74 Å². The van der Waals surface area contributed by atoms with Crippen molar-refractivity contribution in [2.45, 2.75) is 6.92 Å². The van der Waals surface area contributed by atoms with E-state index in [0.717, 1.165) is 13.0 Å². The van der Waals surface area contributed by atoms with Crippen molar-refractivity contribution in [3.63, 3.8) is 0 Å². The Morgan fingerprint density at radius 1 is 1.43 bits per heavy atom. The fourth-order valence-electron chi connectivity index (χ4n) is 0.871. The predicted octanol–water partition coefficient (Wildman–Crippen LogP) is -0.714. The molecule has 0 aromatic rings. The van der Waals surface area contributed by atoms with Gasteiger partial charge in [0.25, 0.3) is 0 Å². The molecular formula is C8H6O6. The minimum absolute atomic E-state index is 0.206. The van der Waals surface area contributed by atoms with E-state index < -0.39 is 29.4 Å². The summed E-state index contributed by atoms with van der Waals surface area (Å²) in [5, 5.41) is 8.52. The average Bonchev–Trinajstić information content (AvgIpc) is 2.63. The maximum atomic E-state index is 11.1. The molecule has 0 aliphatic carbocycles. The Balaban J connectivity index is 2.80. The van der Waals surface area contributed by atoms with E-state index in [4.69, 9.17) is 5.11 Å². The molecule has 6 heteroatoms. The highest BCUT2D eigenvalue weighted by Crippen LogP contribution is 2.18. The number of carbonyl (C=O) groups is 4. The second kappa shape index (κ2) is 3.41. The first kappa shape index (κ1) is 10.1. The lowest BCUT2D eigenvalue weighted by Gasteiger charge is -2.01. The molecule has 1 N–H and O–H groups in total. The maximum absolute atomic E-state index is 11.1. The summed E-state index contributed by atoms with van der Waals surface area (Å²) in [7, 11) is 0. The number of hydrogen-bond donors (Lipinski definition) is 1. The van der Waals surface area contributed by atoms with Gasteiger partial charge in [-0.05, 0) is 6.92 Å². The lowest BCUT2D eigenvalue weighted by atomic mass is 10.00. The van der Waals surface area contributed by atoms with Crippen LogP contribution in [0.2, 0.25) is 0 Å². The molecule has 0 spiro atoms. The van der Waals surface area contributed by atoms with Crippen LogP contribution in [0, 0.1) is 5.92 Å². The second-order valence-corrected chi connectivity index (χ2v) is 2.68. The Kier molecular flexibility index (Phi) is 2.46. The Morgan fingerprint density at radius 3 is 2.21 bits per heavy atom. The molecule has 0 bridgehead atoms. The van der Waals surface area contributed by atoms with Gasteiger partial charge in [0.15, 0.2) is 17.5 Å². The summed E-state index contributed by atoms with van der Waals surface area (Å²) in [5.74, 6) is -5.90. The summed E-state index contributed by atoms with van der Waals surface area (Å²) in [5.41, 5.74) is 0. The average molecular weight is 198 g/mol. The minimum Gasteiger partial charge on any atom is -0.480 e. The van der Waals surface area contributed by atoms with Crippen molar-refractivity contribution in [1.29, 1.82) is 0 Å². The number of Topliss-reactive ketones (excluding diaryl/α,β-unsaturated/α-hetero) is 1. The molecule has 0 aromatic heterocycles. The quantitative estimate of drug-likeness (QED) is 0.363. The summed E-state index contributed by atoms with van der Waals surface area (Å²) < 4.78 is 4.19. The zero-order valence-electron chi connectivity index (χ0n) is 7.14. The number of allylic oxidation sites excluding steroid dienone is 1. The third kappa shape index (κ3) is 2.03. The van der Waals surface area contributed by atoms with Crippen LogP contribution < -0.4 is 0 Å². The number of carboxylic acid groups (broad SMARTS) is 1. The van der Waals surface area contributed by atoms with Crippen LogP contribution in [0.15, 0.2) is 11.8 Å². The monoisotopic (exact) mass is 198 g/mol. The van der Waals surface area contributed by atoms with Gasteiger partial charge in [0, 0.05) is 6.08 Å². The number of ether oxygens (including phenoxy) is 1. The molecule has 1 aliphatic heterocycles. The highest BCUT2D eigenvalue weighted by Gasteiger charge is 2.36. The van der Waals surface area contributed by atoms with Crippen molar-refractivity contribution >= 4 is 23.5 Å². The van der Waals surface area contributed by atoms with E-state index in [9.17, 15) is 19.2 Å². The summed E-state index contributed by atoms with van der Waals surface area (Å²) >= 11 is 0. The van der Waals surface area contributed by atoms with Crippen molar-refractivity contribution in [3.8, 4) is 0 Å². The molecule has 0 amide bonds. The van der Waals surface area contributed by atoms with E-state index in [1.807, 2.05) is 0 Å². The smallest absolute Gasteiger partial charge is 0.380 e. The first-order chi connectivity index (χ1) is 6.43. The molecule has 14 heavy (non-hydrogen) atoms. The third-order valence-corrected chi connectivity index (χ3v) is 1.57. The van der Waals surface area contributed by atoms with Crippen molar-refractivity contribution in [2.24, 2.45) is 5.92 Å². The van der Waals surface area contributed by atoms with Crippen LogP contribution in [0.25, 0.3) is 0 Å². The number of hydrogen-bond acceptors (Lipinski definition) is 5. The molecule has 74 valence electrons. The van der Waals surface area contributed by atoms with Crippen LogP contribution >= 0.6 is 0 Å². The van der Waals surface area contributed by atoms with E-state index >= 15 is 0 Å². The van der Waals surface area contributed by atoms with Gasteiger partial charge in [0.05, 0.1) is 0 Å². The topological polar surface area (TPSA) is 101 Å². The van der Waals surface area contributed by atoms with Gasteiger partial charge in [-0.25, -0.2) is 4.79 Å². The van der Waals surface area contributed by atoms with Gasteiger partial charge < -0.3 is 9.84 Å². The van der Waals surface area contributed by atoms with Crippen LogP contribution in [0.5, 0.6) is 0 Å². The number of carbonyl (C=O) groups excluding carboxylic acids is 3. The molecule has 1 rings (SSSR count).